The highest BCUT2D eigenvalue weighted by atomic mass is 32.8. The molecule has 0 saturated carbocycles. The lowest BCUT2D eigenvalue weighted by molar-refractivity contribution is -0.143. The first-order chi connectivity index (χ1) is 29.1. The summed E-state index contributed by atoms with van der Waals surface area (Å²) in [5.74, 6) is -3.61. The summed E-state index contributed by atoms with van der Waals surface area (Å²) in [4.78, 5) is 71.5. The van der Waals surface area contributed by atoms with Gasteiger partial charge >= 0.3 is 5.97 Å². The number of aliphatic hydroxyl groups is 4. The Kier molecular flexibility index (Phi) is 29.9. The first-order valence-corrected chi connectivity index (χ1v) is 25.5. The van der Waals surface area contributed by atoms with Gasteiger partial charge in [0.15, 0.2) is 11.6 Å². The molecule has 15 nitrogen and oxygen atoms in total. The topological polar surface area (TPSA) is 266 Å². The Labute approximate surface area is 394 Å². The number of carboxylic acids is 1. The summed E-state index contributed by atoms with van der Waals surface area (Å²) in [5.41, 5.74) is 9.10. The van der Waals surface area contributed by atoms with E-state index in [0.717, 1.165) is 11.1 Å². The average molecular weight is 975 g/mol. The third-order valence-electron chi connectivity index (χ3n) is 10.2. The van der Waals surface area contributed by atoms with Crippen LogP contribution in [0.3, 0.4) is 0 Å². The fraction of sp³-hybridized carbons (Fsp3) is 0.600. The minimum Gasteiger partial charge on any atom is -0.481 e. The van der Waals surface area contributed by atoms with Gasteiger partial charge < -0.3 is 47.2 Å². The highest BCUT2D eigenvalue weighted by Crippen LogP contribution is 2.21. The predicted octanol–water partition coefficient (Wildman–Crippen LogP) is 4.31. The molecule has 0 saturated heterocycles. The van der Waals surface area contributed by atoms with E-state index in [4.69, 9.17) is 43.4 Å². The third kappa shape index (κ3) is 24.7. The Morgan fingerprint density at radius 2 is 0.953 bits per heavy atom. The van der Waals surface area contributed by atoms with Crippen molar-refractivity contribution in [3.8, 4) is 0 Å². The number of nitrogen functional groups attached to an aromatic ring is 1. The normalized spacial score (nSPS) is 13.9. The number of carbonyl (C=O) groups excluding carboxylic acids is 5. The molecule has 3 amide bonds. The van der Waals surface area contributed by atoms with E-state index in [-0.39, 0.29) is 104 Å². The van der Waals surface area contributed by atoms with E-state index >= 15 is 0 Å². The number of ketones is 2. The van der Waals surface area contributed by atoms with Crippen LogP contribution in [0.4, 0.5) is 11.4 Å². The van der Waals surface area contributed by atoms with E-state index in [2.05, 4.69) is 16.0 Å². The van der Waals surface area contributed by atoms with Gasteiger partial charge in [0.1, 0.15) is 0 Å². The molecule has 0 aliphatic carbocycles. The molecule has 19 heteroatoms. The number of nitrogens with one attached hydrogen (secondary N) is 3. The zero-order valence-corrected chi connectivity index (χ0v) is 41.5. The minimum absolute atomic E-state index is 0. The number of carboxylic acid groups (broad SMARTS) is 1. The molecule has 2 rings (SSSR count). The fourth-order valence-electron chi connectivity index (χ4n) is 5.30. The maximum Gasteiger partial charge on any atom is 0.306 e. The molecule has 0 radical (unpaired) electrons. The van der Waals surface area contributed by atoms with Gasteiger partial charge in [-0.2, -0.15) is 0 Å². The van der Waals surface area contributed by atoms with Gasteiger partial charge in [0.2, 0.25) is 17.7 Å². The van der Waals surface area contributed by atoms with Crippen LogP contribution < -0.4 is 21.7 Å². The lowest BCUT2D eigenvalue weighted by Crippen LogP contribution is -2.40. The quantitative estimate of drug-likeness (QED) is 0.0704. The number of benzene rings is 2. The van der Waals surface area contributed by atoms with Gasteiger partial charge in [0.25, 0.3) is 0 Å². The molecule has 2 aromatic carbocycles. The molecular weight excluding hydrogens is 901 g/mol. The first-order valence-electron chi connectivity index (χ1n) is 20.4. The van der Waals surface area contributed by atoms with Crippen LogP contribution in [0.1, 0.15) is 124 Å². The summed E-state index contributed by atoms with van der Waals surface area (Å²) >= 11 is 10.6. The van der Waals surface area contributed by atoms with Crippen molar-refractivity contribution in [2.75, 3.05) is 23.6 Å². The van der Waals surface area contributed by atoms with Crippen LogP contribution in [0.5, 0.6) is 0 Å². The smallest absolute Gasteiger partial charge is 0.306 e. The maximum absolute atomic E-state index is 12.5. The fourth-order valence-corrected chi connectivity index (χ4v) is 6.58. The van der Waals surface area contributed by atoms with Gasteiger partial charge in [-0.05, 0) is 85.7 Å². The molecule has 0 aliphatic heterocycles. The van der Waals surface area contributed by atoms with Crippen molar-refractivity contribution < 1.29 is 54.3 Å². The van der Waals surface area contributed by atoms with Crippen LogP contribution in [0.2, 0.25) is 0 Å². The highest BCUT2D eigenvalue weighted by molar-refractivity contribution is 8.29. The van der Waals surface area contributed by atoms with Crippen LogP contribution in [0.15, 0.2) is 36.4 Å². The van der Waals surface area contributed by atoms with Crippen LogP contribution in [0, 0.1) is 11.8 Å². The van der Waals surface area contributed by atoms with Crippen molar-refractivity contribution >= 4 is 87.9 Å². The Morgan fingerprint density at radius 3 is 1.27 bits per heavy atom. The van der Waals surface area contributed by atoms with Gasteiger partial charge in [0, 0.05) is 52.5 Å². The van der Waals surface area contributed by atoms with Gasteiger partial charge in [-0.25, -0.2) is 0 Å². The lowest BCUT2D eigenvalue weighted by atomic mass is 9.99. The van der Waals surface area contributed by atoms with Gasteiger partial charge in [-0.1, -0.05) is 83.5 Å². The second-order valence-corrected chi connectivity index (χ2v) is 23.8. The largest absolute Gasteiger partial charge is 0.481 e. The Hall–Kier alpha value is -3.56. The first kappa shape index (κ1) is 62.5. The summed E-state index contributed by atoms with van der Waals surface area (Å²) in [6.07, 6.45) is 5.75. The lowest BCUT2D eigenvalue weighted by Gasteiger charge is -2.24. The summed E-state index contributed by atoms with van der Waals surface area (Å²) in [6.45, 7) is 13.9. The van der Waals surface area contributed by atoms with Crippen molar-refractivity contribution in [3.05, 3.63) is 58.7 Å². The number of anilines is 2. The Morgan fingerprint density at radius 1 is 0.625 bits per heavy atom. The molecule has 0 aromatic heterocycles. The number of carbonyl (C=O) groups is 6. The van der Waals surface area contributed by atoms with Gasteiger partial charge in [-0.3, -0.25) is 28.8 Å². The molecule has 2 unspecified atom stereocenters. The molecule has 0 bridgehead atoms. The van der Waals surface area contributed by atoms with Crippen molar-refractivity contribution in [1.29, 1.82) is 0 Å². The van der Waals surface area contributed by atoms with Crippen LogP contribution in [0.25, 0.3) is 0 Å². The number of hydrogen-bond acceptors (Lipinski definition) is 13. The van der Waals surface area contributed by atoms with E-state index in [0.29, 0.717) is 48.2 Å². The number of hydrogen-bond donors (Lipinski definition) is 9. The van der Waals surface area contributed by atoms with Crippen LogP contribution in [-0.4, -0.2) is 94.9 Å². The zero-order chi connectivity index (χ0) is 48.8. The minimum atomic E-state index is -1.01. The highest BCUT2D eigenvalue weighted by Gasteiger charge is 2.26. The number of Topliss-reactive ketones (excluding diaryl/α,β-unsaturated/α-hetero) is 2. The van der Waals surface area contributed by atoms with E-state index in [1.54, 1.807) is 57.2 Å². The Balaban J connectivity index is 0. The number of nitrogens with two attached hydrogens (primary N) is 1. The van der Waals surface area contributed by atoms with Crippen molar-refractivity contribution in [3.63, 3.8) is 0 Å². The average Bonchev–Trinajstić information content (AvgIpc) is 3.21. The SMILES string of the molecule is C.C[C@H](CC(=O)[C@H](C)NC(=O)CCC(C)(C)S(C)=S)C(=O)Nc1cc(CO)cc(CO)c1.C[C@H](CC(=O)[C@H](C)NC(=O)CCC(C)(C)S(C)=S)C(=O)O.Nc1cc(CO)cc(CO)c1. The molecule has 0 heterocycles. The van der Waals surface area contributed by atoms with E-state index in [1.807, 2.05) is 40.2 Å². The number of aliphatic hydroxyl groups excluding tert-OH is 4. The monoisotopic (exact) mass is 974 g/mol. The van der Waals surface area contributed by atoms with Gasteiger partial charge in [-0.15, -0.1) is 18.9 Å². The second-order valence-electron chi connectivity index (χ2n) is 16.7. The molecule has 2 aromatic rings. The van der Waals surface area contributed by atoms with E-state index < -0.39 is 29.9 Å². The molecule has 10 N–H and O–H groups in total. The number of aliphatic carboxylic acids is 1. The molecule has 0 fully saturated rings. The summed E-state index contributed by atoms with van der Waals surface area (Å²) in [7, 11) is -0.440. The standard InChI is InChI=1S/C22H34N2O5S2.C14H25NO4S2.C8H11NO2.CH4/c1-14(21(29)24-18-10-16(12-25)9-17(11-18)13-26)8-19(27)15(2)23-20(28)6-7-22(3,4)31(5)30;1-9(13(18)19)8-11(16)10(2)15-12(17)6-7-14(3,4)21(5)20;9-8-2-6(4-10)1-7(3-8)5-11;/h9-11,14-15,25-26H,6-8,12-13H2,1-5H3,(H,23,28)(H,24,29);9-10H,6-8H2,1-5H3,(H,15,17)(H,18,19);1-3,10-11H,4-5,9H2;1H4/t14-,15+,31?;9-,10+,21?;;/m11../s1. The van der Waals surface area contributed by atoms with Crippen LogP contribution >= 0.6 is 0 Å². The van der Waals surface area contributed by atoms with Crippen molar-refractivity contribution in [1.82, 2.24) is 10.6 Å². The number of amides is 3. The van der Waals surface area contributed by atoms with E-state index in [1.165, 1.54) is 6.92 Å². The van der Waals surface area contributed by atoms with Crippen molar-refractivity contribution in [2.24, 2.45) is 11.8 Å². The number of rotatable bonds is 23. The molecule has 64 heavy (non-hydrogen) atoms. The summed E-state index contributed by atoms with van der Waals surface area (Å²) < 4.78 is -0.201. The van der Waals surface area contributed by atoms with Crippen LogP contribution in [-0.2, 0) is 96.5 Å². The van der Waals surface area contributed by atoms with Gasteiger partial charge in [0.05, 0.1) is 44.4 Å². The summed E-state index contributed by atoms with van der Waals surface area (Å²) in [6, 6.07) is 8.60. The summed E-state index contributed by atoms with van der Waals surface area (Å²) in [5, 5.41) is 52.9. The maximum atomic E-state index is 12.5. The van der Waals surface area contributed by atoms with Crippen molar-refractivity contribution in [2.45, 2.75) is 149 Å². The molecule has 364 valence electrons. The Bertz CT molecular complexity index is 1860. The zero-order valence-electron chi connectivity index (χ0n) is 38.2. The van der Waals surface area contributed by atoms with E-state index in [9.17, 15) is 39.0 Å². The molecule has 6 atom stereocenters. The molecule has 0 spiro atoms. The predicted molar refractivity (Wildman–Crippen MR) is 265 cm³/mol. The molecule has 0 aliphatic rings. The third-order valence-corrected chi connectivity index (χ3v) is 16.4. The molecular formula is C45H74N4O11S4. The second kappa shape index (κ2) is 30.6.